The highest BCUT2D eigenvalue weighted by Crippen LogP contribution is 2.24. The number of fused-ring (bicyclic) bond motifs is 1. The first-order valence-electron chi connectivity index (χ1n) is 5.67. The minimum Gasteiger partial charge on any atom is -0.443 e. The Morgan fingerprint density at radius 3 is 2.75 bits per heavy atom. The van der Waals surface area contributed by atoms with Crippen molar-refractivity contribution in [1.82, 2.24) is 4.98 Å². The Hall–Kier alpha value is -2.05. The third-order valence-corrected chi connectivity index (χ3v) is 4.59. The number of oxazole rings is 1. The Bertz CT molecular complexity index is 874. The van der Waals surface area contributed by atoms with Gasteiger partial charge in [0.25, 0.3) is 10.0 Å². The van der Waals surface area contributed by atoms with Crippen molar-refractivity contribution in [2.75, 3.05) is 4.72 Å². The highest BCUT2D eigenvalue weighted by molar-refractivity contribution is 7.92. The topological polar surface area (TPSA) is 72.2 Å². The Kier molecular flexibility index (Phi) is 3.11. The van der Waals surface area contributed by atoms with Crippen LogP contribution >= 0.6 is 11.6 Å². The third-order valence-electron chi connectivity index (χ3n) is 2.71. The minimum absolute atomic E-state index is 0.0272. The molecule has 0 fully saturated rings. The fourth-order valence-electron chi connectivity index (χ4n) is 1.79. The molecule has 0 radical (unpaired) electrons. The number of halogens is 1. The summed E-state index contributed by atoms with van der Waals surface area (Å²) >= 11 is 5.90. The van der Waals surface area contributed by atoms with Crippen LogP contribution in [0.4, 0.5) is 5.69 Å². The lowest BCUT2D eigenvalue weighted by Gasteiger charge is -2.09. The van der Waals surface area contributed by atoms with Crippen LogP contribution in [0.1, 0.15) is 0 Å². The molecule has 0 amide bonds. The molecule has 0 aliphatic rings. The molecule has 2 aromatic carbocycles. The summed E-state index contributed by atoms with van der Waals surface area (Å²) in [4.78, 5) is 3.99. The van der Waals surface area contributed by atoms with Gasteiger partial charge in [-0.3, -0.25) is 4.72 Å². The van der Waals surface area contributed by atoms with Crippen molar-refractivity contribution in [3.05, 3.63) is 53.9 Å². The summed E-state index contributed by atoms with van der Waals surface area (Å²) in [7, 11) is -3.74. The second-order valence-electron chi connectivity index (χ2n) is 4.07. The van der Waals surface area contributed by atoms with E-state index >= 15 is 0 Å². The van der Waals surface area contributed by atoms with E-state index in [0.29, 0.717) is 16.8 Å². The highest BCUT2D eigenvalue weighted by Gasteiger charge is 2.17. The van der Waals surface area contributed by atoms with Crippen molar-refractivity contribution in [3.8, 4) is 0 Å². The number of benzene rings is 2. The maximum Gasteiger partial charge on any atom is 0.263 e. The van der Waals surface area contributed by atoms with Gasteiger partial charge in [-0.25, -0.2) is 13.4 Å². The molecule has 0 spiro atoms. The smallest absolute Gasteiger partial charge is 0.263 e. The summed E-state index contributed by atoms with van der Waals surface area (Å²) < 4.78 is 32.1. The lowest BCUT2D eigenvalue weighted by molar-refractivity contribution is 0.601. The average molecular weight is 309 g/mol. The Balaban J connectivity index is 1.99. The van der Waals surface area contributed by atoms with Crippen molar-refractivity contribution in [3.63, 3.8) is 0 Å². The average Bonchev–Trinajstić information content (AvgIpc) is 2.86. The first-order chi connectivity index (χ1) is 9.56. The predicted molar refractivity (Wildman–Crippen MR) is 76.3 cm³/mol. The van der Waals surface area contributed by atoms with E-state index in [1.807, 2.05) is 0 Å². The van der Waals surface area contributed by atoms with Gasteiger partial charge in [0, 0.05) is 6.07 Å². The molecule has 0 aliphatic carbocycles. The molecule has 1 N–H and O–H groups in total. The van der Waals surface area contributed by atoms with Gasteiger partial charge >= 0.3 is 0 Å². The van der Waals surface area contributed by atoms with E-state index in [4.69, 9.17) is 16.0 Å². The predicted octanol–water partition coefficient (Wildman–Crippen LogP) is 3.28. The normalized spacial score (nSPS) is 11.7. The number of aromatic nitrogens is 1. The van der Waals surface area contributed by atoms with Crippen molar-refractivity contribution < 1.29 is 12.8 Å². The first-order valence-corrected chi connectivity index (χ1v) is 7.53. The van der Waals surface area contributed by atoms with Crippen LogP contribution in [0.2, 0.25) is 5.02 Å². The van der Waals surface area contributed by atoms with Crippen molar-refractivity contribution in [2.45, 2.75) is 4.90 Å². The molecular weight excluding hydrogens is 300 g/mol. The SMILES string of the molecule is O=S(=O)(Nc1ccc2ncoc2c1)c1ccccc1Cl. The molecule has 0 saturated heterocycles. The van der Waals surface area contributed by atoms with Gasteiger partial charge in [-0.05, 0) is 24.3 Å². The molecule has 0 saturated carbocycles. The number of anilines is 1. The quantitative estimate of drug-likeness (QED) is 0.806. The number of rotatable bonds is 3. The standard InChI is InChI=1S/C13H9ClN2O3S/c14-10-3-1-2-4-13(10)20(17,18)16-9-5-6-11-12(7-9)19-8-15-11/h1-8,16H. The second-order valence-corrected chi connectivity index (χ2v) is 6.13. The molecule has 20 heavy (non-hydrogen) atoms. The number of nitrogens with zero attached hydrogens (tertiary/aromatic N) is 1. The van der Waals surface area contributed by atoms with Crippen LogP contribution in [0.25, 0.3) is 11.1 Å². The van der Waals surface area contributed by atoms with E-state index in [1.165, 1.54) is 18.5 Å². The molecule has 1 aromatic heterocycles. The molecule has 1 heterocycles. The van der Waals surface area contributed by atoms with Gasteiger partial charge in [-0.2, -0.15) is 0 Å². The van der Waals surface area contributed by atoms with Crippen LogP contribution in [-0.2, 0) is 10.0 Å². The summed E-state index contributed by atoms with van der Waals surface area (Å²) in [6.07, 6.45) is 1.30. The van der Waals surface area contributed by atoms with Gasteiger partial charge in [-0.1, -0.05) is 23.7 Å². The monoisotopic (exact) mass is 308 g/mol. The zero-order valence-corrected chi connectivity index (χ0v) is 11.6. The lowest BCUT2D eigenvalue weighted by Crippen LogP contribution is -2.13. The summed E-state index contributed by atoms with van der Waals surface area (Å²) in [5, 5.41) is 0.167. The first kappa shape index (κ1) is 13.0. The number of hydrogen-bond acceptors (Lipinski definition) is 4. The van der Waals surface area contributed by atoms with Crippen LogP contribution in [-0.4, -0.2) is 13.4 Å². The van der Waals surface area contributed by atoms with E-state index in [1.54, 1.807) is 30.3 Å². The van der Waals surface area contributed by atoms with E-state index in [0.717, 1.165) is 0 Å². The maximum atomic E-state index is 12.3. The summed E-state index contributed by atoms with van der Waals surface area (Å²) in [5.41, 5.74) is 1.55. The zero-order chi connectivity index (χ0) is 14.2. The Labute approximate surface area is 120 Å². The van der Waals surface area contributed by atoms with Gasteiger partial charge in [0.1, 0.15) is 10.4 Å². The zero-order valence-electron chi connectivity index (χ0n) is 10.1. The van der Waals surface area contributed by atoms with Crippen LogP contribution < -0.4 is 4.72 Å². The molecule has 102 valence electrons. The molecule has 0 atom stereocenters. The molecule has 3 rings (SSSR count). The molecular formula is C13H9ClN2O3S. The Morgan fingerprint density at radius 2 is 1.95 bits per heavy atom. The van der Waals surface area contributed by atoms with E-state index in [9.17, 15) is 8.42 Å². The summed E-state index contributed by atoms with van der Waals surface area (Å²) in [6.45, 7) is 0. The molecule has 0 bridgehead atoms. The number of nitrogens with one attached hydrogen (secondary N) is 1. The fourth-order valence-corrected chi connectivity index (χ4v) is 3.36. The van der Waals surface area contributed by atoms with Gasteiger partial charge in [-0.15, -0.1) is 0 Å². The van der Waals surface area contributed by atoms with Gasteiger partial charge in [0.2, 0.25) is 0 Å². The van der Waals surface area contributed by atoms with E-state index in [-0.39, 0.29) is 9.92 Å². The van der Waals surface area contributed by atoms with Crippen molar-refractivity contribution in [1.29, 1.82) is 0 Å². The van der Waals surface area contributed by atoms with Crippen molar-refractivity contribution in [2.24, 2.45) is 0 Å². The lowest BCUT2D eigenvalue weighted by atomic mass is 10.3. The van der Waals surface area contributed by atoms with Crippen LogP contribution in [0.15, 0.2) is 58.2 Å². The summed E-state index contributed by atoms with van der Waals surface area (Å²) in [5.74, 6) is 0. The summed E-state index contributed by atoms with van der Waals surface area (Å²) in [6, 6.07) is 11.1. The van der Waals surface area contributed by atoms with Crippen LogP contribution in [0.3, 0.4) is 0 Å². The van der Waals surface area contributed by atoms with Crippen LogP contribution in [0.5, 0.6) is 0 Å². The minimum atomic E-state index is -3.74. The van der Waals surface area contributed by atoms with Crippen molar-refractivity contribution >= 4 is 38.4 Å². The number of sulfonamides is 1. The largest absolute Gasteiger partial charge is 0.443 e. The number of hydrogen-bond donors (Lipinski definition) is 1. The molecule has 0 unspecified atom stereocenters. The molecule has 3 aromatic rings. The highest BCUT2D eigenvalue weighted by atomic mass is 35.5. The molecule has 0 aliphatic heterocycles. The molecule has 5 nitrogen and oxygen atoms in total. The maximum absolute atomic E-state index is 12.3. The molecule has 7 heteroatoms. The Morgan fingerprint density at radius 1 is 1.15 bits per heavy atom. The van der Waals surface area contributed by atoms with E-state index in [2.05, 4.69) is 9.71 Å². The van der Waals surface area contributed by atoms with E-state index < -0.39 is 10.0 Å². The van der Waals surface area contributed by atoms with Gasteiger partial charge < -0.3 is 4.42 Å². The third kappa shape index (κ3) is 2.35. The van der Waals surface area contributed by atoms with Crippen LogP contribution in [0, 0.1) is 0 Å². The fraction of sp³-hybridized carbons (Fsp3) is 0. The van der Waals surface area contributed by atoms with Gasteiger partial charge in [0.05, 0.1) is 10.7 Å². The van der Waals surface area contributed by atoms with Gasteiger partial charge in [0.15, 0.2) is 12.0 Å². The second kappa shape index (κ2) is 4.81.